The third-order valence-corrected chi connectivity index (χ3v) is 5.43. The number of aliphatic hydroxyl groups excluding tert-OH is 1. The smallest absolute Gasteiger partial charge is 0.249 e. The monoisotopic (exact) mass is 298 g/mol. The van der Waals surface area contributed by atoms with E-state index in [1.54, 1.807) is 13.0 Å². The van der Waals surface area contributed by atoms with Gasteiger partial charge in [-0.05, 0) is 37.5 Å². The minimum atomic E-state index is -3.64. The molecule has 0 radical (unpaired) electrons. The number of aliphatic hydroxyl groups is 1. The van der Waals surface area contributed by atoms with Crippen molar-refractivity contribution in [3.8, 4) is 0 Å². The summed E-state index contributed by atoms with van der Waals surface area (Å²) in [5, 5.41) is 9.43. The van der Waals surface area contributed by atoms with Gasteiger partial charge in [0.25, 0.3) is 0 Å². The van der Waals surface area contributed by atoms with Crippen LogP contribution >= 0.6 is 0 Å². The molecule has 0 bridgehead atoms. The number of hydrogen-bond acceptors (Lipinski definition) is 4. The van der Waals surface area contributed by atoms with Gasteiger partial charge >= 0.3 is 0 Å². The van der Waals surface area contributed by atoms with Gasteiger partial charge in [0, 0.05) is 18.7 Å². The highest BCUT2D eigenvalue weighted by molar-refractivity contribution is 7.89. The van der Waals surface area contributed by atoms with Gasteiger partial charge in [-0.1, -0.05) is 6.07 Å². The average Bonchev–Trinajstić information content (AvgIpc) is 2.39. The third-order valence-electron chi connectivity index (χ3n) is 3.54. The van der Waals surface area contributed by atoms with Crippen LogP contribution in [0.5, 0.6) is 0 Å². The van der Waals surface area contributed by atoms with E-state index in [4.69, 9.17) is 5.73 Å². The molecule has 1 aromatic rings. The van der Waals surface area contributed by atoms with E-state index in [-0.39, 0.29) is 23.5 Å². The number of aryl methyl sites for hydroxylation is 1. The Balaban J connectivity index is 2.35. The minimum absolute atomic E-state index is 0.0632. The van der Waals surface area contributed by atoms with Crippen molar-refractivity contribution in [3.63, 3.8) is 0 Å². The van der Waals surface area contributed by atoms with Crippen LogP contribution in [0.15, 0.2) is 23.1 Å². The van der Waals surface area contributed by atoms with Gasteiger partial charge in [-0.2, -0.15) is 4.31 Å². The summed E-state index contributed by atoms with van der Waals surface area (Å²) in [6.45, 7) is 2.26. The summed E-state index contributed by atoms with van der Waals surface area (Å²) in [6, 6.07) is 4.37. The summed E-state index contributed by atoms with van der Waals surface area (Å²) in [6.07, 6.45) is 0.405. The molecule has 3 N–H and O–H groups in total. The Bertz CT molecular complexity index is 619. The highest BCUT2D eigenvalue weighted by atomic mass is 32.2. The zero-order chi connectivity index (χ0) is 14.9. The summed E-state index contributed by atoms with van der Waals surface area (Å²) in [5.41, 5.74) is 6.10. The van der Waals surface area contributed by atoms with Crippen LogP contribution in [0, 0.1) is 6.92 Å². The van der Waals surface area contributed by atoms with Crippen LogP contribution in [-0.2, 0) is 10.0 Å². The number of hydrogen-bond donors (Lipinski definition) is 2. The molecule has 2 rings (SSSR count). The highest BCUT2D eigenvalue weighted by Gasteiger charge is 2.29. The van der Waals surface area contributed by atoms with Crippen molar-refractivity contribution < 1.29 is 18.3 Å². The van der Waals surface area contributed by atoms with Gasteiger partial charge in [-0.3, -0.25) is 4.79 Å². The van der Waals surface area contributed by atoms with Crippen molar-refractivity contribution in [2.45, 2.75) is 30.8 Å². The van der Waals surface area contributed by atoms with Crippen LogP contribution < -0.4 is 5.73 Å². The van der Waals surface area contributed by atoms with Crippen LogP contribution in [-0.4, -0.2) is 42.9 Å². The van der Waals surface area contributed by atoms with Crippen LogP contribution in [0.4, 0.5) is 0 Å². The Morgan fingerprint density at radius 1 is 1.35 bits per heavy atom. The molecule has 20 heavy (non-hydrogen) atoms. The van der Waals surface area contributed by atoms with Crippen LogP contribution in [0.1, 0.15) is 28.8 Å². The molecular formula is C13H18N2O4S. The fourth-order valence-corrected chi connectivity index (χ4v) is 3.76. The van der Waals surface area contributed by atoms with E-state index in [9.17, 15) is 18.3 Å². The highest BCUT2D eigenvalue weighted by Crippen LogP contribution is 2.22. The molecular weight excluding hydrogens is 280 g/mol. The van der Waals surface area contributed by atoms with Gasteiger partial charge in [0.05, 0.1) is 11.0 Å². The lowest BCUT2D eigenvalue weighted by atomic mass is 10.1. The molecule has 0 atom stereocenters. The lowest BCUT2D eigenvalue weighted by molar-refractivity contribution is 0.0999. The summed E-state index contributed by atoms with van der Waals surface area (Å²) in [5.74, 6) is -0.645. The first-order valence-electron chi connectivity index (χ1n) is 6.41. The molecule has 110 valence electrons. The lowest BCUT2D eigenvalue weighted by Gasteiger charge is -2.28. The summed E-state index contributed by atoms with van der Waals surface area (Å²) < 4.78 is 26.3. The van der Waals surface area contributed by atoms with E-state index in [2.05, 4.69) is 0 Å². The molecule has 6 nitrogen and oxygen atoms in total. The maximum atomic E-state index is 12.5. The summed E-state index contributed by atoms with van der Waals surface area (Å²) in [7, 11) is -3.64. The zero-order valence-corrected chi connectivity index (χ0v) is 12.1. The Morgan fingerprint density at radius 3 is 2.50 bits per heavy atom. The van der Waals surface area contributed by atoms with Crippen molar-refractivity contribution in [2.24, 2.45) is 5.73 Å². The molecule has 0 aliphatic carbocycles. The van der Waals surface area contributed by atoms with Crippen LogP contribution in [0.2, 0.25) is 0 Å². The molecule has 1 saturated heterocycles. The largest absolute Gasteiger partial charge is 0.393 e. The molecule has 0 aromatic heterocycles. The van der Waals surface area contributed by atoms with E-state index in [1.807, 2.05) is 0 Å². The molecule has 0 unspecified atom stereocenters. The maximum Gasteiger partial charge on any atom is 0.249 e. The van der Waals surface area contributed by atoms with Crippen molar-refractivity contribution in [3.05, 3.63) is 29.3 Å². The molecule has 1 aliphatic heterocycles. The quantitative estimate of drug-likeness (QED) is 0.834. The van der Waals surface area contributed by atoms with Gasteiger partial charge in [-0.15, -0.1) is 0 Å². The Morgan fingerprint density at radius 2 is 1.95 bits per heavy atom. The van der Waals surface area contributed by atoms with E-state index in [0.717, 1.165) is 0 Å². The third kappa shape index (κ3) is 2.84. The first-order chi connectivity index (χ1) is 9.32. The topological polar surface area (TPSA) is 101 Å². The number of piperidine rings is 1. The molecule has 1 aliphatic rings. The lowest BCUT2D eigenvalue weighted by Crippen LogP contribution is -2.40. The molecule has 1 heterocycles. The van der Waals surface area contributed by atoms with Crippen molar-refractivity contribution >= 4 is 15.9 Å². The summed E-state index contributed by atoms with van der Waals surface area (Å²) >= 11 is 0. The van der Waals surface area contributed by atoms with Crippen molar-refractivity contribution in [1.82, 2.24) is 4.31 Å². The van der Waals surface area contributed by atoms with Gasteiger partial charge < -0.3 is 10.8 Å². The number of rotatable bonds is 3. The molecule has 0 spiro atoms. The second kappa shape index (κ2) is 5.51. The predicted molar refractivity (Wildman–Crippen MR) is 73.7 cm³/mol. The van der Waals surface area contributed by atoms with Gasteiger partial charge in [0.2, 0.25) is 15.9 Å². The molecule has 1 aromatic carbocycles. The first kappa shape index (κ1) is 15.0. The standard InChI is InChI=1S/C13H18N2O4S/c1-9-2-3-11(8-12(9)13(14)17)20(18,19)15-6-4-10(16)5-7-15/h2-3,8,10,16H,4-7H2,1H3,(H2,14,17). The van der Waals surface area contributed by atoms with Gasteiger partial charge in [0.15, 0.2) is 0 Å². The number of carbonyl (C=O) groups is 1. The second-order valence-corrected chi connectivity index (χ2v) is 6.91. The number of benzene rings is 1. The number of nitrogens with zero attached hydrogens (tertiary/aromatic N) is 1. The SMILES string of the molecule is Cc1ccc(S(=O)(=O)N2CCC(O)CC2)cc1C(N)=O. The fraction of sp³-hybridized carbons (Fsp3) is 0.462. The number of carbonyl (C=O) groups excluding carboxylic acids is 1. The normalized spacial score (nSPS) is 18.1. The average molecular weight is 298 g/mol. The zero-order valence-electron chi connectivity index (χ0n) is 11.2. The number of nitrogens with two attached hydrogens (primary N) is 1. The summed E-state index contributed by atoms with van der Waals surface area (Å²) in [4.78, 5) is 11.4. The van der Waals surface area contributed by atoms with E-state index >= 15 is 0 Å². The van der Waals surface area contributed by atoms with E-state index in [0.29, 0.717) is 18.4 Å². The van der Waals surface area contributed by atoms with Crippen molar-refractivity contribution in [2.75, 3.05) is 13.1 Å². The van der Waals surface area contributed by atoms with Gasteiger partial charge in [-0.25, -0.2) is 8.42 Å². The van der Waals surface area contributed by atoms with Crippen LogP contribution in [0.3, 0.4) is 0 Å². The number of amides is 1. The number of primary amides is 1. The van der Waals surface area contributed by atoms with Gasteiger partial charge in [0.1, 0.15) is 0 Å². The Labute approximate surface area is 118 Å². The molecule has 7 heteroatoms. The second-order valence-electron chi connectivity index (χ2n) is 4.98. The first-order valence-corrected chi connectivity index (χ1v) is 7.85. The molecule has 1 fully saturated rings. The minimum Gasteiger partial charge on any atom is -0.393 e. The predicted octanol–water partition coefficient (Wildman–Crippen LogP) is 0.239. The van der Waals surface area contributed by atoms with Crippen LogP contribution in [0.25, 0.3) is 0 Å². The Hall–Kier alpha value is -1.44. The Kier molecular flexibility index (Phi) is 4.12. The molecule has 0 saturated carbocycles. The van der Waals surface area contributed by atoms with E-state index in [1.165, 1.54) is 16.4 Å². The number of sulfonamides is 1. The maximum absolute atomic E-state index is 12.5. The van der Waals surface area contributed by atoms with Crippen molar-refractivity contribution in [1.29, 1.82) is 0 Å². The molecule has 1 amide bonds. The fourth-order valence-electron chi connectivity index (χ4n) is 2.26. The van der Waals surface area contributed by atoms with E-state index < -0.39 is 22.0 Å².